The maximum atomic E-state index is 11.8. The van der Waals surface area contributed by atoms with Crippen LogP contribution in [-0.4, -0.2) is 13.1 Å². The standard InChI is InChI=1S/C23H24O3/c1-16(2)14-20-15-19(10-13-22(20)26-23(24)17(3)4)7-6-18-8-11-21(25-5)12-9-18/h6-15H,3H2,1-2,4-5H3/b7-6+. The zero-order valence-corrected chi connectivity index (χ0v) is 15.7. The zero-order valence-electron chi connectivity index (χ0n) is 15.7. The molecule has 2 rings (SSSR count). The Bertz CT molecular complexity index is 852. The predicted molar refractivity (Wildman–Crippen MR) is 108 cm³/mol. The van der Waals surface area contributed by atoms with Gasteiger partial charge in [0.25, 0.3) is 0 Å². The second-order valence-corrected chi connectivity index (χ2v) is 6.30. The number of esters is 1. The van der Waals surface area contributed by atoms with Crippen LogP contribution in [0.1, 0.15) is 37.5 Å². The van der Waals surface area contributed by atoms with Gasteiger partial charge in [-0.05, 0) is 56.2 Å². The van der Waals surface area contributed by atoms with Crippen LogP contribution in [0, 0.1) is 0 Å². The van der Waals surface area contributed by atoms with Gasteiger partial charge < -0.3 is 9.47 Å². The number of rotatable bonds is 6. The van der Waals surface area contributed by atoms with Crippen LogP contribution in [0.4, 0.5) is 0 Å². The van der Waals surface area contributed by atoms with E-state index in [4.69, 9.17) is 9.47 Å². The van der Waals surface area contributed by atoms with Crippen molar-refractivity contribution in [3.63, 3.8) is 0 Å². The summed E-state index contributed by atoms with van der Waals surface area (Å²) < 4.78 is 10.6. The van der Waals surface area contributed by atoms with E-state index < -0.39 is 5.97 Å². The summed E-state index contributed by atoms with van der Waals surface area (Å²) in [6.45, 7) is 9.27. The third kappa shape index (κ3) is 5.49. The molecule has 134 valence electrons. The molecule has 2 aromatic carbocycles. The van der Waals surface area contributed by atoms with Crippen molar-refractivity contribution in [2.24, 2.45) is 0 Å². The maximum Gasteiger partial charge on any atom is 0.338 e. The van der Waals surface area contributed by atoms with Crippen LogP contribution in [0.2, 0.25) is 0 Å². The molecular weight excluding hydrogens is 324 g/mol. The summed E-state index contributed by atoms with van der Waals surface area (Å²) in [5.74, 6) is 0.937. The Balaban J connectivity index is 2.29. The fourth-order valence-corrected chi connectivity index (χ4v) is 2.28. The Morgan fingerprint density at radius 3 is 2.15 bits per heavy atom. The molecule has 0 heterocycles. The van der Waals surface area contributed by atoms with Crippen LogP contribution in [0.15, 0.2) is 60.2 Å². The molecule has 0 atom stereocenters. The molecule has 0 N–H and O–H groups in total. The zero-order chi connectivity index (χ0) is 19.1. The molecule has 0 amide bonds. The molecule has 0 unspecified atom stereocenters. The number of carbonyl (C=O) groups excluding carboxylic acids is 1. The van der Waals surface area contributed by atoms with E-state index in [1.54, 1.807) is 14.0 Å². The first-order chi connectivity index (χ1) is 12.4. The largest absolute Gasteiger partial charge is 0.497 e. The van der Waals surface area contributed by atoms with Gasteiger partial charge in [0, 0.05) is 11.1 Å². The van der Waals surface area contributed by atoms with Crippen molar-refractivity contribution in [1.82, 2.24) is 0 Å². The molecule has 0 fully saturated rings. The smallest absolute Gasteiger partial charge is 0.338 e. The predicted octanol–water partition coefficient (Wildman–Crippen LogP) is 5.77. The molecular formula is C23H24O3. The molecule has 0 aliphatic rings. The molecule has 0 radical (unpaired) electrons. The quantitative estimate of drug-likeness (QED) is 0.288. The highest BCUT2D eigenvalue weighted by molar-refractivity contribution is 5.89. The lowest BCUT2D eigenvalue weighted by molar-refractivity contribution is -0.130. The fraction of sp³-hybridized carbons (Fsp3) is 0.174. The van der Waals surface area contributed by atoms with Gasteiger partial charge in [-0.25, -0.2) is 4.79 Å². The van der Waals surface area contributed by atoms with E-state index in [1.807, 2.05) is 74.5 Å². The van der Waals surface area contributed by atoms with Gasteiger partial charge in [-0.15, -0.1) is 0 Å². The molecule has 0 aliphatic carbocycles. The first-order valence-corrected chi connectivity index (χ1v) is 8.38. The molecule has 0 aliphatic heterocycles. The van der Waals surface area contributed by atoms with Crippen LogP contribution in [0.3, 0.4) is 0 Å². The molecule has 0 saturated carbocycles. The number of ether oxygens (including phenoxy) is 2. The lowest BCUT2D eigenvalue weighted by Crippen LogP contribution is -2.09. The summed E-state index contributed by atoms with van der Waals surface area (Å²) in [7, 11) is 1.65. The van der Waals surface area contributed by atoms with E-state index in [9.17, 15) is 4.79 Å². The maximum absolute atomic E-state index is 11.8. The molecule has 0 bridgehead atoms. The van der Waals surface area contributed by atoms with Crippen LogP contribution >= 0.6 is 0 Å². The minimum Gasteiger partial charge on any atom is -0.497 e. The molecule has 0 spiro atoms. The molecule has 0 aromatic heterocycles. The van der Waals surface area contributed by atoms with Crippen LogP contribution in [0.25, 0.3) is 18.2 Å². The lowest BCUT2D eigenvalue weighted by Gasteiger charge is -2.09. The SMILES string of the molecule is C=C(C)C(=O)Oc1ccc(/C=C/c2ccc(OC)cc2)cc1C=C(C)C. The Morgan fingerprint density at radius 1 is 0.962 bits per heavy atom. The third-order valence-corrected chi connectivity index (χ3v) is 3.61. The van der Waals surface area contributed by atoms with Crippen molar-refractivity contribution in [2.75, 3.05) is 7.11 Å². The van der Waals surface area contributed by atoms with E-state index in [2.05, 4.69) is 6.58 Å². The Kier molecular flexibility index (Phi) is 6.56. The van der Waals surface area contributed by atoms with Crippen molar-refractivity contribution < 1.29 is 14.3 Å². The van der Waals surface area contributed by atoms with Gasteiger partial charge in [0.05, 0.1) is 7.11 Å². The van der Waals surface area contributed by atoms with Crippen LogP contribution < -0.4 is 9.47 Å². The molecule has 2 aromatic rings. The third-order valence-electron chi connectivity index (χ3n) is 3.61. The summed E-state index contributed by atoms with van der Waals surface area (Å²) in [6, 6.07) is 13.6. The van der Waals surface area contributed by atoms with Gasteiger partial charge in [-0.1, -0.05) is 48.6 Å². The highest BCUT2D eigenvalue weighted by Crippen LogP contribution is 2.25. The summed E-state index contributed by atoms with van der Waals surface area (Å²) in [5, 5.41) is 0. The normalized spacial score (nSPS) is 10.5. The number of methoxy groups -OCH3 is 1. The van der Waals surface area contributed by atoms with Crippen molar-refractivity contribution in [3.05, 3.63) is 76.9 Å². The fourth-order valence-electron chi connectivity index (χ4n) is 2.28. The highest BCUT2D eigenvalue weighted by Gasteiger charge is 2.09. The average molecular weight is 348 g/mol. The first kappa shape index (κ1) is 19.3. The van der Waals surface area contributed by atoms with Crippen LogP contribution in [-0.2, 0) is 4.79 Å². The van der Waals surface area contributed by atoms with E-state index in [-0.39, 0.29) is 0 Å². The first-order valence-electron chi connectivity index (χ1n) is 8.38. The second-order valence-electron chi connectivity index (χ2n) is 6.30. The van der Waals surface area contributed by atoms with Gasteiger partial charge >= 0.3 is 5.97 Å². The van der Waals surface area contributed by atoms with E-state index in [0.717, 1.165) is 28.0 Å². The number of carbonyl (C=O) groups is 1. The summed E-state index contributed by atoms with van der Waals surface area (Å²) in [6.07, 6.45) is 6.04. The van der Waals surface area contributed by atoms with E-state index in [1.165, 1.54) is 0 Å². The Hall–Kier alpha value is -3.07. The van der Waals surface area contributed by atoms with Gasteiger partial charge in [0.15, 0.2) is 0 Å². The minimum atomic E-state index is -0.421. The van der Waals surface area contributed by atoms with Gasteiger partial charge in [0.2, 0.25) is 0 Å². The van der Waals surface area contributed by atoms with Crippen molar-refractivity contribution in [1.29, 1.82) is 0 Å². The van der Waals surface area contributed by atoms with Gasteiger partial charge in [-0.3, -0.25) is 0 Å². The van der Waals surface area contributed by atoms with E-state index >= 15 is 0 Å². The van der Waals surface area contributed by atoms with Gasteiger partial charge in [0.1, 0.15) is 11.5 Å². The van der Waals surface area contributed by atoms with Gasteiger partial charge in [-0.2, -0.15) is 0 Å². The molecule has 0 saturated heterocycles. The minimum absolute atomic E-state index is 0.372. The van der Waals surface area contributed by atoms with Crippen molar-refractivity contribution in [3.8, 4) is 11.5 Å². The number of hydrogen-bond donors (Lipinski definition) is 0. The topological polar surface area (TPSA) is 35.5 Å². The number of benzene rings is 2. The second kappa shape index (κ2) is 8.86. The Morgan fingerprint density at radius 2 is 1.58 bits per heavy atom. The lowest BCUT2D eigenvalue weighted by atomic mass is 10.1. The number of allylic oxidation sites excluding steroid dienone is 1. The molecule has 26 heavy (non-hydrogen) atoms. The van der Waals surface area contributed by atoms with Crippen molar-refractivity contribution in [2.45, 2.75) is 20.8 Å². The summed E-state index contributed by atoms with van der Waals surface area (Å²) in [4.78, 5) is 11.8. The van der Waals surface area contributed by atoms with Crippen molar-refractivity contribution >= 4 is 24.2 Å². The number of hydrogen-bond acceptors (Lipinski definition) is 3. The monoisotopic (exact) mass is 348 g/mol. The summed E-state index contributed by atoms with van der Waals surface area (Å²) >= 11 is 0. The average Bonchev–Trinajstić information content (AvgIpc) is 2.61. The Labute approximate surface area is 155 Å². The summed E-state index contributed by atoms with van der Waals surface area (Å²) in [5.41, 5.74) is 4.44. The molecule has 3 heteroatoms. The highest BCUT2D eigenvalue weighted by atomic mass is 16.5. The molecule has 3 nitrogen and oxygen atoms in total. The van der Waals surface area contributed by atoms with Crippen LogP contribution in [0.5, 0.6) is 11.5 Å². The van der Waals surface area contributed by atoms with E-state index in [0.29, 0.717) is 11.3 Å².